The summed E-state index contributed by atoms with van der Waals surface area (Å²) in [6, 6.07) is 1.19. The van der Waals surface area contributed by atoms with Crippen LogP contribution in [0.2, 0.25) is 0 Å². The molecule has 0 unspecified atom stereocenters. The minimum atomic E-state index is -0.397. The molecule has 1 fully saturated rings. The summed E-state index contributed by atoms with van der Waals surface area (Å²) in [5, 5.41) is 3.02. The molecule has 4 nitrogen and oxygen atoms in total. The molecule has 1 aliphatic carbocycles. The van der Waals surface area contributed by atoms with E-state index in [2.05, 4.69) is 31.1 Å². The quantitative estimate of drug-likeness (QED) is 0.775. The number of nitrogens with one attached hydrogen (secondary N) is 1. The van der Waals surface area contributed by atoms with Crippen LogP contribution in [0.4, 0.5) is 0 Å². The highest BCUT2D eigenvalue weighted by atomic mass is 16.2. The van der Waals surface area contributed by atoms with E-state index in [1.807, 2.05) is 0 Å². The van der Waals surface area contributed by atoms with Crippen LogP contribution in [-0.2, 0) is 4.79 Å². The van der Waals surface area contributed by atoms with Gasteiger partial charge >= 0.3 is 0 Å². The van der Waals surface area contributed by atoms with Crippen LogP contribution in [0.5, 0.6) is 0 Å². The second kappa shape index (κ2) is 6.36. The van der Waals surface area contributed by atoms with E-state index in [9.17, 15) is 4.79 Å². The molecule has 100 valence electrons. The van der Waals surface area contributed by atoms with Crippen LogP contribution in [0.15, 0.2) is 0 Å². The SMILES string of the molecule is CC(C)N(C)C1CCC(NC(=O)[C@H](C)N)CC1. The molecule has 0 saturated heterocycles. The molecule has 1 rings (SSSR count). The summed E-state index contributed by atoms with van der Waals surface area (Å²) >= 11 is 0. The largest absolute Gasteiger partial charge is 0.352 e. The molecule has 0 spiro atoms. The lowest BCUT2D eigenvalue weighted by Gasteiger charge is -2.37. The van der Waals surface area contributed by atoms with Crippen LogP contribution in [-0.4, -0.2) is 42.0 Å². The first-order valence-corrected chi connectivity index (χ1v) is 6.69. The van der Waals surface area contributed by atoms with Crippen molar-refractivity contribution in [2.75, 3.05) is 7.05 Å². The third-order valence-electron chi connectivity index (χ3n) is 3.85. The van der Waals surface area contributed by atoms with Crippen molar-refractivity contribution in [3.63, 3.8) is 0 Å². The Balaban J connectivity index is 2.33. The zero-order chi connectivity index (χ0) is 13.0. The van der Waals surface area contributed by atoms with Gasteiger partial charge in [0.25, 0.3) is 0 Å². The molecule has 1 amide bonds. The number of carbonyl (C=O) groups excluding carboxylic acids is 1. The van der Waals surface area contributed by atoms with E-state index in [4.69, 9.17) is 5.73 Å². The summed E-state index contributed by atoms with van der Waals surface area (Å²) in [6.45, 7) is 6.18. The Morgan fingerprint density at radius 2 is 1.76 bits per heavy atom. The average Bonchev–Trinajstić information content (AvgIpc) is 2.28. The van der Waals surface area contributed by atoms with Gasteiger partial charge in [0.2, 0.25) is 5.91 Å². The fourth-order valence-corrected chi connectivity index (χ4v) is 2.38. The summed E-state index contributed by atoms with van der Waals surface area (Å²) in [7, 11) is 2.19. The Morgan fingerprint density at radius 3 is 2.18 bits per heavy atom. The topological polar surface area (TPSA) is 58.4 Å². The van der Waals surface area contributed by atoms with E-state index in [-0.39, 0.29) is 5.91 Å². The van der Waals surface area contributed by atoms with Crippen molar-refractivity contribution in [1.82, 2.24) is 10.2 Å². The fourth-order valence-electron chi connectivity index (χ4n) is 2.38. The Hall–Kier alpha value is -0.610. The Kier molecular flexibility index (Phi) is 5.40. The summed E-state index contributed by atoms with van der Waals surface area (Å²) in [6.07, 6.45) is 4.47. The molecule has 4 heteroatoms. The van der Waals surface area contributed by atoms with Gasteiger partial charge in [-0.25, -0.2) is 0 Å². The Bertz CT molecular complexity index is 245. The second-order valence-electron chi connectivity index (χ2n) is 5.56. The second-order valence-corrected chi connectivity index (χ2v) is 5.56. The first-order chi connectivity index (χ1) is 7.91. The van der Waals surface area contributed by atoms with Crippen LogP contribution in [0.1, 0.15) is 46.5 Å². The van der Waals surface area contributed by atoms with Crippen molar-refractivity contribution in [3.05, 3.63) is 0 Å². The average molecular weight is 241 g/mol. The number of carbonyl (C=O) groups is 1. The number of hydrogen-bond acceptors (Lipinski definition) is 3. The van der Waals surface area contributed by atoms with E-state index in [0.717, 1.165) is 12.8 Å². The summed E-state index contributed by atoms with van der Waals surface area (Å²) < 4.78 is 0. The third-order valence-corrected chi connectivity index (χ3v) is 3.85. The van der Waals surface area contributed by atoms with Gasteiger partial charge in [0.1, 0.15) is 0 Å². The number of amides is 1. The highest BCUT2D eigenvalue weighted by Gasteiger charge is 2.26. The lowest BCUT2D eigenvalue weighted by molar-refractivity contribution is -0.123. The zero-order valence-electron chi connectivity index (χ0n) is 11.6. The van der Waals surface area contributed by atoms with Gasteiger partial charge in [-0.1, -0.05) is 0 Å². The van der Waals surface area contributed by atoms with E-state index in [1.54, 1.807) is 6.92 Å². The molecule has 0 aromatic rings. The first-order valence-electron chi connectivity index (χ1n) is 6.69. The van der Waals surface area contributed by atoms with Crippen LogP contribution in [0.25, 0.3) is 0 Å². The Morgan fingerprint density at radius 1 is 1.24 bits per heavy atom. The number of nitrogens with zero attached hydrogens (tertiary/aromatic N) is 1. The summed E-state index contributed by atoms with van der Waals surface area (Å²) in [5.74, 6) is -0.0225. The third kappa shape index (κ3) is 4.28. The molecule has 1 atom stereocenters. The lowest BCUT2D eigenvalue weighted by atomic mass is 9.89. The van der Waals surface area contributed by atoms with Gasteiger partial charge in [-0.2, -0.15) is 0 Å². The van der Waals surface area contributed by atoms with Gasteiger partial charge < -0.3 is 16.0 Å². The molecular formula is C13H27N3O. The van der Waals surface area contributed by atoms with Gasteiger partial charge in [-0.3, -0.25) is 4.79 Å². The summed E-state index contributed by atoms with van der Waals surface area (Å²) in [5.41, 5.74) is 5.55. The van der Waals surface area contributed by atoms with Crippen LogP contribution in [0.3, 0.4) is 0 Å². The molecule has 0 bridgehead atoms. The molecule has 3 N–H and O–H groups in total. The standard InChI is InChI=1S/C13H27N3O/c1-9(2)16(4)12-7-5-11(6-8-12)15-13(17)10(3)14/h9-12H,5-8,14H2,1-4H3,(H,15,17)/t10-,11?,12?/m0/s1. The molecule has 17 heavy (non-hydrogen) atoms. The van der Waals surface area contributed by atoms with Crippen molar-refractivity contribution in [3.8, 4) is 0 Å². The molecule has 0 aromatic carbocycles. The van der Waals surface area contributed by atoms with Crippen LogP contribution >= 0.6 is 0 Å². The normalized spacial score (nSPS) is 27.2. The predicted octanol–water partition coefficient (Wildman–Crippen LogP) is 1.10. The number of hydrogen-bond donors (Lipinski definition) is 2. The monoisotopic (exact) mass is 241 g/mol. The molecule has 1 aliphatic rings. The van der Waals surface area contributed by atoms with Gasteiger partial charge in [0.05, 0.1) is 6.04 Å². The van der Waals surface area contributed by atoms with E-state index >= 15 is 0 Å². The highest BCUT2D eigenvalue weighted by molar-refractivity contribution is 5.81. The van der Waals surface area contributed by atoms with E-state index in [0.29, 0.717) is 18.1 Å². The molecule has 0 heterocycles. The molecule has 0 aliphatic heterocycles. The smallest absolute Gasteiger partial charge is 0.236 e. The maximum Gasteiger partial charge on any atom is 0.236 e. The lowest BCUT2D eigenvalue weighted by Crippen LogP contribution is -2.48. The number of nitrogens with two attached hydrogens (primary N) is 1. The highest BCUT2D eigenvalue weighted by Crippen LogP contribution is 2.23. The maximum absolute atomic E-state index is 11.5. The molecule has 0 radical (unpaired) electrons. The first kappa shape index (κ1) is 14.5. The van der Waals surface area contributed by atoms with Crippen LogP contribution in [0, 0.1) is 0 Å². The van der Waals surface area contributed by atoms with Crippen molar-refractivity contribution in [2.24, 2.45) is 5.73 Å². The predicted molar refractivity (Wildman–Crippen MR) is 70.7 cm³/mol. The Labute approximate surface area is 105 Å². The van der Waals surface area contributed by atoms with Crippen molar-refractivity contribution < 1.29 is 4.79 Å². The van der Waals surface area contributed by atoms with E-state index < -0.39 is 6.04 Å². The van der Waals surface area contributed by atoms with Gasteiger partial charge in [-0.15, -0.1) is 0 Å². The summed E-state index contributed by atoms with van der Waals surface area (Å²) in [4.78, 5) is 13.9. The van der Waals surface area contributed by atoms with Gasteiger partial charge in [-0.05, 0) is 53.5 Å². The zero-order valence-corrected chi connectivity index (χ0v) is 11.6. The van der Waals surface area contributed by atoms with Gasteiger partial charge in [0, 0.05) is 18.1 Å². The molecule has 1 saturated carbocycles. The van der Waals surface area contributed by atoms with Crippen LogP contribution < -0.4 is 11.1 Å². The van der Waals surface area contributed by atoms with Crippen molar-refractivity contribution in [2.45, 2.75) is 70.6 Å². The van der Waals surface area contributed by atoms with Crippen molar-refractivity contribution >= 4 is 5.91 Å². The number of rotatable bonds is 4. The molecular weight excluding hydrogens is 214 g/mol. The minimum Gasteiger partial charge on any atom is -0.352 e. The fraction of sp³-hybridized carbons (Fsp3) is 0.923. The maximum atomic E-state index is 11.5. The van der Waals surface area contributed by atoms with Gasteiger partial charge in [0.15, 0.2) is 0 Å². The minimum absolute atomic E-state index is 0.0225. The van der Waals surface area contributed by atoms with Crippen molar-refractivity contribution in [1.29, 1.82) is 0 Å². The van der Waals surface area contributed by atoms with E-state index in [1.165, 1.54) is 12.8 Å². The molecule has 0 aromatic heterocycles.